The van der Waals surface area contributed by atoms with Crippen molar-refractivity contribution in [2.75, 3.05) is 26.7 Å². The lowest BCUT2D eigenvalue weighted by molar-refractivity contribution is -0.118. The summed E-state index contributed by atoms with van der Waals surface area (Å²) in [6.07, 6.45) is 0.656. The number of nitrogens with one attached hydrogen (secondary N) is 1. The summed E-state index contributed by atoms with van der Waals surface area (Å²) < 4.78 is 6.06. The zero-order valence-corrected chi connectivity index (χ0v) is 9.60. The van der Waals surface area contributed by atoms with Crippen LogP contribution >= 0.6 is 0 Å². The van der Waals surface area contributed by atoms with Gasteiger partial charge in [0.05, 0.1) is 18.2 Å². The van der Waals surface area contributed by atoms with Gasteiger partial charge in [-0.15, -0.1) is 0 Å². The van der Waals surface area contributed by atoms with Crippen LogP contribution in [-0.4, -0.2) is 43.8 Å². The molecule has 3 atom stereocenters. The number of rotatable bonds is 1. The zero-order valence-electron chi connectivity index (χ0n) is 9.60. The molecule has 3 rings (SSSR count). The summed E-state index contributed by atoms with van der Waals surface area (Å²) in [7, 11) is 2.18. The number of hydrogen-bond donors (Lipinski definition) is 1. The van der Waals surface area contributed by atoms with Gasteiger partial charge in [0.25, 0.3) is 0 Å². The smallest absolute Gasteiger partial charge is 0.0901 e. The Bertz CT molecular complexity index is 352. The molecule has 1 aromatic rings. The highest BCUT2D eigenvalue weighted by Crippen LogP contribution is 2.27. The number of ether oxygens (including phenoxy) is 1. The van der Waals surface area contributed by atoms with Gasteiger partial charge in [0, 0.05) is 19.6 Å². The van der Waals surface area contributed by atoms with Gasteiger partial charge in [-0.3, -0.25) is 0 Å². The normalized spacial score (nSPS) is 34.9. The molecule has 86 valence electrons. The molecule has 2 aliphatic heterocycles. The van der Waals surface area contributed by atoms with Crippen LogP contribution < -0.4 is 5.32 Å². The fourth-order valence-corrected chi connectivity index (χ4v) is 2.74. The Morgan fingerprint density at radius 3 is 2.88 bits per heavy atom. The van der Waals surface area contributed by atoms with E-state index in [1.807, 2.05) is 0 Å². The van der Waals surface area contributed by atoms with Gasteiger partial charge in [-0.2, -0.15) is 0 Å². The Hall–Kier alpha value is -0.900. The first-order valence-electron chi connectivity index (χ1n) is 5.95. The quantitative estimate of drug-likeness (QED) is 0.762. The molecule has 0 aromatic heterocycles. The third kappa shape index (κ3) is 1.86. The first-order chi connectivity index (χ1) is 7.83. The molecule has 3 nitrogen and oxygen atoms in total. The average Bonchev–Trinajstić information content (AvgIpc) is 2.30. The SMILES string of the molecule is CN1CC2CN[C@@H](c3ccccc3)[C@H](C1)O2. The van der Waals surface area contributed by atoms with Crippen molar-refractivity contribution in [1.82, 2.24) is 10.2 Å². The van der Waals surface area contributed by atoms with Crippen LogP contribution in [0.4, 0.5) is 0 Å². The fraction of sp³-hybridized carbons (Fsp3) is 0.538. The Morgan fingerprint density at radius 2 is 2.06 bits per heavy atom. The Balaban J connectivity index is 1.81. The molecule has 1 unspecified atom stereocenters. The maximum Gasteiger partial charge on any atom is 0.0901 e. The maximum absolute atomic E-state index is 6.06. The van der Waals surface area contributed by atoms with Crippen LogP contribution in [0.25, 0.3) is 0 Å². The largest absolute Gasteiger partial charge is 0.369 e. The summed E-state index contributed by atoms with van der Waals surface area (Å²) in [5.74, 6) is 0. The van der Waals surface area contributed by atoms with E-state index in [2.05, 4.69) is 47.6 Å². The van der Waals surface area contributed by atoms with Gasteiger partial charge >= 0.3 is 0 Å². The van der Waals surface area contributed by atoms with Crippen LogP contribution in [0.3, 0.4) is 0 Å². The van der Waals surface area contributed by atoms with E-state index in [0.717, 1.165) is 19.6 Å². The lowest BCUT2D eigenvalue weighted by Gasteiger charge is -2.45. The van der Waals surface area contributed by atoms with Crippen molar-refractivity contribution in [3.8, 4) is 0 Å². The molecule has 1 aromatic carbocycles. The summed E-state index contributed by atoms with van der Waals surface area (Å²) in [6.45, 7) is 3.02. The molecule has 0 saturated carbocycles. The minimum absolute atomic E-state index is 0.292. The summed E-state index contributed by atoms with van der Waals surface area (Å²) >= 11 is 0. The predicted octanol–water partition coefficient (Wildman–Crippen LogP) is 1.03. The molecule has 2 heterocycles. The Kier molecular flexibility index (Phi) is 2.67. The minimum atomic E-state index is 0.292. The van der Waals surface area contributed by atoms with Crippen LogP contribution in [0.5, 0.6) is 0 Å². The highest BCUT2D eigenvalue weighted by atomic mass is 16.5. The molecular weight excluding hydrogens is 200 g/mol. The second-order valence-corrected chi connectivity index (χ2v) is 4.81. The zero-order chi connectivity index (χ0) is 11.0. The van der Waals surface area contributed by atoms with E-state index in [0.29, 0.717) is 18.2 Å². The lowest BCUT2D eigenvalue weighted by Crippen LogP contribution is -2.58. The van der Waals surface area contributed by atoms with Gasteiger partial charge in [0.1, 0.15) is 0 Å². The van der Waals surface area contributed by atoms with E-state index < -0.39 is 0 Å². The van der Waals surface area contributed by atoms with Crippen LogP contribution in [-0.2, 0) is 4.74 Å². The molecule has 1 N–H and O–H groups in total. The second kappa shape index (κ2) is 4.17. The topological polar surface area (TPSA) is 24.5 Å². The number of nitrogens with zero attached hydrogens (tertiary/aromatic N) is 1. The van der Waals surface area contributed by atoms with Crippen LogP contribution in [0.1, 0.15) is 11.6 Å². The number of morpholine rings is 2. The van der Waals surface area contributed by atoms with Crippen molar-refractivity contribution >= 4 is 0 Å². The Morgan fingerprint density at radius 1 is 1.25 bits per heavy atom. The van der Waals surface area contributed by atoms with Gasteiger partial charge in [0.2, 0.25) is 0 Å². The molecule has 3 heteroatoms. The third-order valence-corrected chi connectivity index (χ3v) is 3.47. The molecule has 0 amide bonds. The molecule has 2 bridgehead atoms. The van der Waals surface area contributed by atoms with Crippen LogP contribution in [0.15, 0.2) is 30.3 Å². The van der Waals surface area contributed by atoms with E-state index >= 15 is 0 Å². The van der Waals surface area contributed by atoms with Crippen molar-refractivity contribution in [3.05, 3.63) is 35.9 Å². The molecule has 16 heavy (non-hydrogen) atoms. The molecule has 2 aliphatic rings. The highest BCUT2D eigenvalue weighted by molar-refractivity contribution is 5.21. The van der Waals surface area contributed by atoms with Crippen molar-refractivity contribution in [2.45, 2.75) is 18.2 Å². The Labute approximate surface area is 96.4 Å². The summed E-state index contributed by atoms with van der Waals surface area (Å²) in [4.78, 5) is 2.37. The first kappa shape index (κ1) is 10.3. The number of likely N-dealkylation sites (N-methyl/N-ethyl adjacent to an activating group) is 1. The lowest BCUT2D eigenvalue weighted by atomic mass is 9.96. The van der Waals surface area contributed by atoms with E-state index in [-0.39, 0.29) is 0 Å². The van der Waals surface area contributed by atoms with Crippen molar-refractivity contribution in [1.29, 1.82) is 0 Å². The predicted molar refractivity (Wildman–Crippen MR) is 63.3 cm³/mol. The summed E-state index contributed by atoms with van der Waals surface area (Å²) in [5.41, 5.74) is 1.33. The van der Waals surface area contributed by atoms with E-state index in [4.69, 9.17) is 4.74 Å². The van der Waals surface area contributed by atoms with E-state index in [1.54, 1.807) is 0 Å². The van der Waals surface area contributed by atoms with Gasteiger partial charge < -0.3 is 15.0 Å². The minimum Gasteiger partial charge on any atom is -0.369 e. The van der Waals surface area contributed by atoms with Crippen molar-refractivity contribution in [3.63, 3.8) is 0 Å². The fourth-order valence-electron chi connectivity index (χ4n) is 2.74. The van der Waals surface area contributed by atoms with Crippen molar-refractivity contribution < 1.29 is 4.74 Å². The van der Waals surface area contributed by atoms with Gasteiger partial charge in [-0.25, -0.2) is 0 Å². The molecule has 2 fully saturated rings. The first-order valence-corrected chi connectivity index (χ1v) is 5.95. The maximum atomic E-state index is 6.06. The molecule has 2 saturated heterocycles. The van der Waals surface area contributed by atoms with Crippen LogP contribution in [0.2, 0.25) is 0 Å². The molecule has 0 aliphatic carbocycles. The average molecular weight is 218 g/mol. The van der Waals surface area contributed by atoms with Crippen molar-refractivity contribution in [2.24, 2.45) is 0 Å². The molecule has 0 radical (unpaired) electrons. The van der Waals surface area contributed by atoms with Gasteiger partial charge in [-0.1, -0.05) is 30.3 Å². The number of benzene rings is 1. The van der Waals surface area contributed by atoms with E-state index in [1.165, 1.54) is 5.56 Å². The highest BCUT2D eigenvalue weighted by Gasteiger charge is 2.36. The molecular formula is C13H18N2O. The summed E-state index contributed by atoms with van der Waals surface area (Å²) in [6, 6.07) is 10.9. The third-order valence-electron chi connectivity index (χ3n) is 3.47. The standard InChI is InChI=1S/C13H18N2O/c1-15-8-11-7-14-13(12(9-15)16-11)10-5-3-2-4-6-10/h2-6,11-14H,7-9H2,1H3/t11?,12-,13-/m0/s1. The summed E-state index contributed by atoms with van der Waals surface area (Å²) in [5, 5.41) is 3.61. The van der Waals surface area contributed by atoms with Gasteiger partial charge in [-0.05, 0) is 12.6 Å². The monoisotopic (exact) mass is 218 g/mol. The van der Waals surface area contributed by atoms with Gasteiger partial charge in [0.15, 0.2) is 0 Å². The number of hydrogen-bond acceptors (Lipinski definition) is 3. The second-order valence-electron chi connectivity index (χ2n) is 4.81. The molecule has 0 spiro atoms. The van der Waals surface area contributed by atoms with Crippen LogP contribution in [0, 0.1) is 0 Å². The number of fused-ring (bicyclic) bond motifs is 2. The van der Waals surface area contributed by atoms with E-state index in [9.17, 15) is 0 Å².